The number of phenolic OH excluding ortho intramolecular Hbond substituents is 1. The summed E-state index contributed by atoms with van der Waals surface area (Å²) in [5.41, 5.74) is 2.19. The smallest absolute Gasteiger partial charge is 0.251 e. The summed E-state index contributed by atoms with van der Waals surface area (Å²) < 4.78 is 1.86. The van der Waals surface area contributed by atoms with Crippen LogP contribution in [0.4, 0.5) is 0 Å². The van der Waals surface area contributed by atoms with E-state index in [2.05, 4.69) is 15.5 Å². The van der Waals surface area contributed by atoms with Crippen molar-refractivity contribution in [3.05, 3.63) is 59.0 Å². The number of pyridine rings is 1. The van der Waals surface area contributed by atoms with Gasteiger partial charge in [0, 0.05) is 22.9 Å². The second kappa shape index (κ2) is 7.17. The molecule has 3 rings (SSSR count). The summed E-state index contributed by atoms with van der Waals surface area (Å²) in [6.07, 6.45) is 1.88. The van der Waals surface area contributed by atoms with Gasteiger partial charge in [-0.05, 0) is 42.0 Å². The highest BCUT2D eigenvalue weighted by Crippen LogP contribution is 2.39. The molecule has 2 heterocycles. The fourth-order valence-electron chi connectivity index (χ4n) is 3.41. The first-order valence-corrected chi connectivity index (χ1v) is 9.88. The lowest BCUT2D eigenvalue weighted by atomic mass is 9.78. The Bertz CT molecular complexity index is 1020. The van der Waals surface area contributed by atoms with Crippen LogP contribution in [0.3, 0.4) is 0 Å². The van der Waals surface area contributed by atoms with Crippen LogP contribution in [0.25, 0.3) is 5.65 Å². The first-order valence-electron chi connectivity index (χ1n) is 9.88. The normalized spacial score (nSPS) is 13.5. The number of carbonyl (C=O) groups excluding carboxylic acids is 1. The number of fused-ring (bicyclic) bond motifs is 1. The summed E-state index contributed by atoms with van der Waals surface area (Å²) >= 11 is 0. The van der Waals surface area contributed by atoms with Crippen LogP contribution in [0, 0.1) is 0 Å². The molecule has 3 aromatic rings. The SMILES string of the molecule is CC(NC(=O)c1cc(C(C)(C)C)c(O)c(C(C)(C)C)c1)c1nnc2ccccn12. The standard InChI is InChI=1S/C23H30N4O2/c1-14(20-26-25-18-10-8-9-11-27(18)20)24-21(29)15-12-16(22(2,3)4)19(28)17(13-15)23(5,6)7/h8-14,28H,1-7H3,(H,24,29). The highest BCUT2D eigenvalue weighted by molar-refractivity contribution is 5.95. The molecule has 0 aliphatic carbocycles. The van der Waals surface area contributed by atoms with E-state index in [9.17, 15) is 9.90 Å². The number of rotatable bonds is 3. The lowest BCUT2D eigenvalue weighted by molar-refractivity contribution is 0.0938. The average molecular weight is 395 g/mol. The summed E-state index contributed by atoms with van der Waals surface area (Å²) in [5, 5.41) is 22.3. The largest absolute Gasteiger partial charge is 0.507 e. The van der Waals surface area contributed by atoms with E-state index >= 15 is 0 Å². The predicted octanol–water partition coefficient (Wildman–Crippen LogP) is 4.52. The third-order valence-electron chi connectivity index (χ3n) is 5.06. The maximum Gasteiger partial charge on any atom is 0.251 e. The Labute approximate surface area is 172 Å². The highest BCUT2D eigenvalue weighted by Gasteiger charge is 2.28. The Morgan fingerprint density at radius 2 is 1.62 bits per heavy atom. The van der Waals surface area contributed by atoms with Crippen molar-refractivity contribution in [3.63, 3.8) is 0 Å². The van der Waals surface area contributed by atoms with Crippen molar-refractivity contribution in [3.8, 4) is 5.75 Å². The van der Waals surface area contributed by atoms with Crippen LogP contribution in [0.15, 0.2) is 36.5 Å². The average Bonchev–Trinajstić information content (AvgIpc) is 3.04. The molecule has 0 spiro atoms. The van der Waals surface area contributed by atoms with Gasteiger partial charge in [-0.2, -0.15) is 0 Å². The van der Waals surface area contributed by atoms with E-state index < -0.39 is 0 Å². The molecule has 1 aromatic carbocycles. The number of aromatic nitrogens is 3. The van der Waals surface area contributed by atoms with E-state index in [-0.39, 0.29) is 28.5 Å². The third-order valence-corrected chi connectivity index (χ3v) is 5.06. The van der Waals surface area contributed by atoms with Crippen molar-refractivity contribution in [1.29, 1.82) is 0 Å². The van der Waals surface area contributed by atoms with Crippen molar-refractivity contribution in [2.75, 3.05) is 0 Å². The molecule has 6 nitrogen and oxygen atoms in total. The summed E-state index contributed by atoms with van der Waals surface area (Å²) in [6.45, 7) is 14.1. The van der Waals surface area contributed by atoms with Gasteiger partial charge in [0.15, 0.2) is 11.5 Å². The second-order valence-electron chi connectivity index (χ2n) is 9.60. The van der Waals surface area contributed by atoms with Crippen LogP contribution in [-0.2, 0) is 10.8 Å². The van der Waals surface area contributed by atoms with Gasteiger partial charge in [0.1, 0.15) is 5.75 Å². The second-order valence-corrected chi connectivity index (χ2v) is 9.60. The minimum Gasteiger partial charge on any atom is -0.507 e. The van der Waals surface area contributed by atoms with Gasteiger partial charge >= 0.3 is 0 Å². The number of aromatic hydroxyl groups is 1. The number of phenols is 1. The predicted molar refractivity (Wildman–Crippen MR) is 114 cm³/mol. The Balaban J connectivity index is 1.98. The van der Waals surface area contributed by atoms with Gasteiger partial charge in [-0.1, -0.05) is 47.6 Å². The van der Waals surface area contributed by atoms with Gasteiger partial charge in [-0.25, -0.2) is 0 Å². The van der Waals surface area contributed by atoms with Crippen molar-refractivity contribution >= 4 is 11.6 Å². The maximum absolute atomic E-state index is 13.1. The number of nitrogens with zero attached hydrogens (tertiary/aromatic N) is 3. The number of carbonyl (C=O) groups is 1. The van der Waals surface area contributed by atoms with E-state index in [0.717, 1.165) is 16.8 Å². The summed E-state index contributed by atoms with van der Waals surface area (Å²) in [6, 6.07) is 8.92. The number of hydrogen-bond acceptors (Lipinski definition) is 4. The molecule has 0 saturated heterocycles. The lowest BCUT2D eigenvalue weighted by Gasteiger charge is -2.28. The number of nitrogens with one attached hydrogen (secondary N) is 1. The fraction of sp³-hybridized carbons (Fsp3) is 0.435. The molecule has 1 unspecified atom stereocenters. The Morgan fingerprint density at radius 1 is 1.03 bits per heavy atom. The molecule has 1 amide bonds. The summed E-state index contributed by atoms with van der Waals surface area (Å²) in [7, 11) is 0. The summed E-state index contributed by atoms with van der Waals surface area (Å²) in [5.74, 6) is 0.721. The van der Waals surface area contributed by atoms with Crippen LogP contribution in [0.5, 0.6) is 5.75 Å². The molecule has 0 bridgehead atoms. The molecular formula is C23H30N4O2. The van der Waals surface area contributed by atoms with E-state index in [1.165, 1.54) is 0 Å². The number of benzene rings is 1. The molecule has 0 fully saturated rings. The highest BCUT2D eigenvalue weighted by atomic mass is 16.3. The van der Waals surface area contributed by atoms with Gasteiger partial charge in [0.05, 0.1) is 6.04 Å². The molecule has 1 atom stereocenters. The zero-order valence-corrected chi connectivity index (χ0v) is 18.2. The third kappa shape index (κ3) is 4.11. The molecular weight excluding hydrogens is 364 g/mol. The van der Waals surface area contributed by atoms with Gasteiger partial charge in [-0.3, -0.25) is 9.20 Å². The van der Waals surface area contributed by atoms with E-state index in [1.807, 2.05) is 77.3 Å². The fourth-order valence-corrected chi connectivity index (χ4v) is 3.41. The molecule has 29 heavy (non-hydrogen) atoms. The van der Waals surface area contributed by atoms with Crippen molar-refractivity contribution in [1.82, 2.24) is 19.9 Å². The zero-order valence-electron chi connectivity index (χ0n) is 18.2. The molecule has 6 heteroatoms. The Morgan fingerprint density at radius 3 is 2.17 bits per heavy atom. The lowest BCUT2D eigenvalue weighted by Crippen LogP contribution is -2.29. The van der Waals surface area contributed by atoms with E-state index in [1.54, 1.807) is 12.1 Å². The molecule has 2 aromatic heterocycles. The van der Waals surface area contributed by atoms with Gasteiger partial charge < -0.3 is 10.4 Å². The molecule has 0 saturated carbocycles. The van der Waals surface area contributed by atoms with Crippen LogP contribution < -0.4 is 5.32 Å². The molecule has 2 N–H and O–H groups in total. The Hall–Kier alpha value is -2.89. The van der Waals surface area contributed by atoms with E-state index in [4.69, 9.17) is 0 Å². The first-order chi connectivity index (χ1) is 13.4. The molecule has 0 aliphatic heterocycles. The van der Waals surface area contributed by atoms with Crippen LogP contribution >= 0.6 is 0 Å². The molecule has 0 radical (unpaired) electrons. The molecule has 154 valence electrons. The first kappa shape index (κ1) is 20.8. The zero-order chi connectivity index (χ0) is 21.6. The minimum atomic E-state index is -0.329. The van der Waals surface area contributed by atoms with E-state index in [0.29, 0.717) is 11.4 Å². The minimum absolute atomic E-state index is 0.207. The quantitative estimate of drug-likeness (QED) is 0.684. The van der Waals surface area contributed by atoms with Crippen molar-refractivity contribution in [2.24, 2.45) is 0 Å². The van der Waals surface area contributed by atoms with Crippen LogP contribution in [-0.4, -0.2) is 25.6 Å². The number of amides is 1. The topological polar surface area (TPSA) is 79.5 Å². The molecule has 0 aliphatic rings. The maximum atomic E-state index is 13.1. The van der Waals surface area contributed by atoms with Crippen molar-refractivity contribution < 1.29 is 9.90 Å². The van der Waals surface area contributed by atoms with Gasteiger partial charge in [-0.15, -0.1) is 10.2 Å². The van der Waals surface area contributed by atoms with Crippen LogP contribution in [0.2, 0.25) is 0 Å². The Kier molecular flexibility index (Phi) is 5.15. The van der Waals surface area contributed by atoms with Gasteiger partial charge in [0.2, 0.25) is 0 Å². The summed E-state index contributed by atoms with van der Waals surface area (Å²) in [4.78, 5) is 13.1. The van der Waals surface area contributed by atoms with Crippen LogP contribution in [0.1, 0.15) is 81.8 Å². The number of hydrogen-bond donors (Lipinski definition) is 2. The monoisotopic (exact) mass is 394 g/mol. The van der Waals surface area contributed by atoms with Gasteiger partial charge in [0.25, 0.3) is 5.91 Å². The van der Waals surface area contributed by atoms with Crippen molar-refractivity contribution in [2.45, 2.75) is 65.3 Å².